The van der Waals surface area contributed by atoms with Crippen molar-refractivity contribution in [2.24, 2.45) is 0 Å². The van der Waals surface area contributed by atoms with Gasteiger partial charge in [0.25, 0.3) is 0 Å². The molecule has 1 saturated heterocycles. The van der Waals surface area contributed by atoms with Crippen LogP contribution in [-0.4, -0.2) is 31.1 Å². The van der Waals surface area contributed by atoms with Gasteiger partial charge in [-0.2, -0.15) is 0 Å². The highest BCUT2D eigenvalue weighted by molar-refractivity contribution is 7.10. The Morgan fingerprint density at radius 3 is 3.11 bits per heavy atom. The summed E-state index contributed by atoms with van der Waals surface area (Å²) in [6.45, 7) is 5.73. The Morgan fingerprint density at radius 1 is 1.44 bits per heavy atom. The molecule has 1 atom stereocenters. The average Bonchev–Trinajstić information content (AvgIpc) is 2.84. The average molecular weight is 266 g/mol. The predicted molar refractivity (Wildman–Crippen MR) is 80.3 cm³/mol. The third-order valence-corrected chi connectivity index (χ3v) is 5.04. The molecule has 0 bridgehead atoms. The second-order valence-electron chi connectivity index (χ2n) is 5.32. The van der Waals surface area contributed by atoms with Gasteiger partial charge in [0.1, 0.15) is 0 Å². The molecule has 0 amide bonds. The molecule has 0 radical (unpaired) electrons. The van der Waals surface area contributed by atoms with Gasteiger partial charge in [-0.25, -0.2) is 0 Å². The highest BCUT2D eigenvalue weighted by Gasteiger charge is 2.17. The fourth-order valence-electron chi connectivity index (χ4n) is 2.82. The van der Waals surface area contributed by atoms with Crippen LogP contribution in [0.15, 0.2) is 11.4 Å². The molecule has 1 aromatic heterocycles. The van der Waals surface area contributed by atoms with Crippen molar-refractivity contribution in [2.45, 2.75) is 51.6 Å². The molecule has 2 nitrogen and oxygen atoms in total. The Bertz CT molecular complexity index is 348. The van der Waals surface area contributed by atoms with Gasteiger partial charge >= 0.3 is 0 Å². The van der Waals surface area contributed by atoms with E-state index in [0.717, 1.165) is 25.6 Å². The summed E-state index contributed by atoms with van der Waals surface area (Å²) in [6.07, 6.45) is 6.64. The summed E-state index contributed by atoms with van der Waals surface area (Å²) in [5.74, 6) is 0. The third-order valence-electron chi connectivity index (χ3n) is 4.08. The molecule has 1 N–H and O–H groups in total. The van der Waals surface area contributed by atoms with Crippen LogP contribution in [0, 0.1) is 0 Å². The second-order valence-corrected chi connectivity index (χ2v) is 6.32. The van der Waals surface area contributed by atoms with E-state index in [1.807, 2.05) is 11.3 Å². The summed E-state index contributed by atoms with van der Waals surface area (Å²) in [5.41, 5.74) is 1.52. The van der Waals surface area contributed by atoms with E-state index in [4.69, 9.17) is 0 Å². The van der Waals surface area contributed by atoms with Crippen molar-refractivity contribution in [1.29, 1.82) is 0 Å². The fraction of sp³-hybridized carbons (Fsp3) is 0.733. The molecular formula is C15H26N2S. The van der Waals surface area contributed by atoms with Gasteiger partial charge < -0.3 is 10.2 Å². The van der Waals surface area contributed by atoms with Crippen LogP contribution in [-0.2, 0) is 13.0 Å². The Balaban J connectivity index is 1.66. The maximum atomic E-state index is 3.61. The summed E-state index contributed by atoms with van der Waals surface area (Å²) in [6, 6.07) is 3.07. The Hall–Kier alpha value is -0.380. The first-order chi connectivity index (χ1) is 8.81. The largest absolute Gasteiger partial charge is 0.312 e. The van der Waals surface area contributed by atoms with E-state index >= 15 is 0 Å². The van der Waals surface area contributed by atoms with E-state index in [2.05, 4.69) is 35.6 Å². The van der Waals surface area contributed by atoms with E-state index in [-0.39, 0.29) is 0 Å². The van der Waals surface area contributed by atoms with Crippen molar-refractivity contribution >= 4 is 11.3 Å². The van der Waals surface area contributed by atoms with E-state index in [1.54, 1.807) is 0 Å². The number of piperidine rings is 1. The highest BCUT2D eigenvalue weighted by atomic mass is 32.1. The SMILES string of the molecule is CCc1ccsc1CNCCC1CCCCN1C. The zero-order chi connectivity index (χ0) is 12.8. The van der Waals surface area contributed by atoms with Crippen LogP contribution in [0.5, 0.6) is 0 Å². The summed E-state index contributed by atoms with van der Waals surface area (Å²) in [7, 11) is 2.28. The lowest BCUT2D eigenvalue weighted by Gasteiger charge is -2.32. The zero-order valence-electron chi connectivity index (χ0n) is 11.7. The summed E-state index contributed by atoms with van der Waals surface area (Å²) in [4.78, 5) is 4.06. The van der Waals surface area contributed by atoms with Gasteiger partial charge in [-0.1, -0.05) is 13.3 Å². The monoisotopic (exact) mass is 266 g/mol. The standard InChI is InChI=1S/C15H26N2S/c1-3-13-8-11-18-15(13)12-16-9-7-14-6-4-5-10-17(14)2/h8,11,14,16H,3-7,9-10,12H2,1-2H3. The van der Waals surface area contributed by atoms with Crippen molar-refractivity contribution in [3.63, 3.8) is 0 Å². The maximum absolute atomic E-state index is 3.61. The summed E-state index contributed by atoms with van der Waals surface area (Å²) >= 11 is 1.89. The van der Waals surface area contributed by atoms with Gasteiger partial charge in [0.15, 0.2) is 0 Å². The van der Waals surface area contributed by atoms with E-state index in [1.165, 1.54) is 42.7 Å². The zero-order valence-corrected chi connectivity index (χ0v) is 12.6. The van der Waals surface area contributed by atoms with Crippen LogP contribution in [0.2, 0.25) is 0 Å². The minimum absolute atomic E-state index is 0.806. The minimum atomic E-state index is 0.806. The van der Waals surface area contributed by atoms with Crippen molar-refractivity contribution < 1.29 is 0 Å². The quantitative estimate of drug-likeness (QED) is 0.795. The van der Waals surface area contributed by atoms with Gasteiger partial charge in [0, 0.05) is 17.5 Å². The molecule has 0 aliphatic carbocycles. The molecule has 1 fully saturated rings. The molecule has 0 saturated carbocycles. The molecule has 2 heterocycles. The van der Waals surface area contributed by atoms with E-state index < -0.39 is 0 Å². The van der Waals surface area contributed by atoms with Crippen molar-refractivity contribution in [1.82, 2.24) is 10.2 Å². The lowest BCUT2D eigenvalue weighted by molar-refractivity contribution is 0.175. The summed E-state index contributed by atoms with van der Waals surface area (Å²) < 4.78 is 0. The van der Waals surface area contributed by atoms with Crippen LogP contribution < -0.4 is 5.32 Å². The van der Waals surface area contributed by atoms with Crippen LogP contribution in [0.4, 0.5) is 0 Å². The molecule has 1 aliphatic heterocycles. The number of thiophene rings is 1. The lowest BCUT2D eigenvalue weighted by Crippen LogP contribution is -2.38. The van der Waals surface area contributed by atoms with E-state index in [9.17, 15) is 0 Å². The molecule has 18 heavy (non-hydrogen) atoms. The number of nitrogens with zero attached hydrogens (tertiary/aromatic N) is 1. The number of hydrogen-bond donors (Lipinski definition) is 1. The van der Waals surface area contributed by atoms with E-state index in [0.29, 0.717) is 0 Å². The first kappa shape index (κ1) is 14.0. The van der Waals surface area contributed by atoms with Gasteiger partial charge in [-0.15, -0.1) is 11.3 Å². The third kappa shape index (κ3) is 3.81. The Morgan fingerprint density at radius 2 is 2.33 bits per heavy atom. The molecule has 1 unspecified atom stereocenters. The Kier molecular flexibility index (Phi) is 5.67. The highest BCUT2D eigenvalue weighted by Crippen LogP contribution is 2.18. The molecular weight excluding hydrogens is 240 g/mol. The van der Waals surface area contributed by atoms with Gasteiger partial charge in [-0.3, -0.25) is 0 Å². The minimum Gasteiger partial charge on any atom is -0.312 e. The number of aryl methyl sites for hydroxylation is 1. The van der Waals surface area contributed by atoms with Crippen molar-refractivity contribution in [3.05, 3.63) is 21.9 Å². The lowest BCUT2D eigenvalue weighted by atomic mass is 10.0. The predicted octanol–water partition coefficient (Wildman–Crippen LogP) is 3.27. The van der Waals surface area contributed by atoms with Crippen LogP contribution in [0.1, 0.15) is 43.0 Å². The number of hydrogen-bond acceptors (Lipinski definition) is 3. The van der Waals surface area contributed by atoms with Gasteiger partial charge in [-0.05, 0) is 62.8 Å². The molecule has 2 rings (SSSR count). The fourth-order valence-corrected chi connectivity index (χ4v) is 3.76. The number of likely N-dealkylation sites (tertiary alicyclic amines) is 1. The molecule has 1 aromatic rings. The normalized spacial score (nSPS) is 21.3. The smallest absolute Gasteiger partial charge is 0.0302 e. The number of nitrogens with one attached hydrogen (secondary N) is 1. The van der Waals surface area contributed by atoms with Crippen molar-refractivity contribution in [2.75, 3.05) is 20.1 Å². The van der Waals surface area contributed by atoms with Gasteiger partial charge in [0.05, 0.1) is 0 Å². The molecule has 3 heteroatoms. The van der Waals surface area contributed by atoms with Crippen LogP contribution in [0.3, 0.4) is 0 Å². The van der Waals surface area contributed by atoms with Gasteiger partial charge in [0.2, 0.25) is 0 Å². The van der Waals surface area contributed by atoms with Crippen molar-refractivity contribution in [3.8, 4) is 0 Å². The first-order valence-corrected chi connectivity index (χ1v) is 8.15. The molecule has 102 valence electrons. The molecule has 1 aliphatic rings. The first-order valence-electron chi connectivity index (χ1n) is 7.27. The van der Waals surface area contributed by atoms with Crippen LogP contribution >= 0.6 is 11.3 Å². The molecule has 0 spiro atoms. The summed E-state index contributed by atoms with van der Waals surface area (Å²) in [5, 5.41) is 5.83. The number of rotatable bonds is 6. The Labute approximate surface area is 115 Å². The van der Waals surface area contributed by atoms with Crippen LogP contribution in [0.25, 0.3) is 0 Å². The maximum Gasteiger partial charge on any atom is 0.0302 e. The molecule has 0 aromatic carbocycles. The second kappa shape index (κ2) is 7.27. The topological polar surface area (TPSA) is 15.3 Å².